The van der Waals surface area contributed by atoms with Gasteiger partial charge in [-0.05, 0) is 19.1 Å². The van der Waals surface area contributed by atoms with E-state index in [1.54, 1.807) is 12.1 Å². The Kier molecular flexibility index (Phi) is 3.05. The monoisotopic (exact) mass is 221 g/mol. The average Bonchev–Trinajstić information content (AvgIpc) is 2.66. The van der Waals surface area contributed by atoms with Gasteiger partial charge in [-0.1, -0.05) is 0 Å². The zero-order valence-corrected chi connectivity index (χ0v) is 9.16. The molecule has 1 aromatic rings. The Morgan fingerprint density at radius 3 is 3.12 bits per heavy atom. The molecule has 1 aromatic heterocycles. The van der Waals surface area contributed by atoms with Gasteiger partial charge in [0, 0.05) is 31.2 Å². The van der Waals surface area contributed by atoms with Crippen molar-refractivity contribution in [2.45, 2.75) is 25.9 Å². The molecule has 1 saturated heterocycles. The molecule has 1 fully saturated rings. The van der Waals surface area contributed by atoms with Crippen molar-refractivity contribution in [3.05, 3.63) is 23.5 Å². The number of rotatable bonds is 3. The maximum absolute atomic E-state index is 11.0. The normalized spacial score (nSPS) is 19.8. The lowest BCUT2D eigenvalue weighted by Crippen LogP contribution is -2.30. The van der Waals surface area contributed by atoms with Crippen LogP contribution < -0.4 is 10.6 Å². The van der Waals surface area contributed by atoms with Crippen LogP contribution in [0.15, 0.2) is 12.1 Å². The molecule has 1 aliphatic heterocycles. The predicted octanol–water partition coefficient (Wildman–Crippen LogP) is 0.0737. The van der Waals surface area contributed by atoms with Crippen molar-refractivity contribution in [2.75, 3.05) is 6.54 Å². The molecule has 86 valence electrons. The van der Waals surface area contributed by atoms with Crippen molar-refractivity contribution in [1.29, 1.82) is 0 Å². The Bertz CT molecular complexity index is 406. The molecule has 5 heteroatoms. The van der Waals surface area contributed by atoms with Crippen LogP contribution in [0.2, 0.25) is 0 Å². The van der Waals surface area contributed by atoms with E-state index >= 15 is 0 Å². The van der Waals surface area contributed by atoms with Gasteiger partial charge in [0.25, 0.3) is 0 Å². The van der Waals surface area contributed by atoms with Gasteiger partial charge in [0.05, 0.1) is 5.69 Å². The summed E-state index contributed by atoms with van der Waals surface area (Å²) >= 11 is 0. The van der Waals surface area contributed by atoms with Gasteiger partial charge < -0.3 is 15.7 Å². The summed E-state index contributed by atoms with van der Waals surface area (Å²) in [5, 5.41) is 15.5. The zero-order valence-electron chi connectivity index (χ0n) is 9.16. The topological polar surface area (TPSA) is 74.2 Å². The zero-order chi connectivity index (χ0) is 11.5. The third-order valence-electron chi connectivity index (χ3n) is 2.62. The number of aryl methyl sites for hydroxylation is 1. The quantitative estimate of drug-likeness (QED) is 0.675. The molecule has 0 radical (unpaired) electrons. The second-order valence-electron chi connectivity index (χ2n) is 4.00. The molecule has 1 unspecified atom stereocenters. The number of carbonyl (C=O) groups is 1. The smallest absolute Gasteiger partial charge is 0.221 e. The lowest BCUT2D eigenvalue weighted by molar-refractivity contribution is -0.119. The maximum atomic E-state index is 11.0. The van der Waals surface area contributed by atoms with Crippen LogP contribution in [0.3, 0.4) is 0 Å². The molecule has 0 saturated carbocycles. The van der Waals surface area contributed by atoms with Gasteiger partial charge in [-0.25, -0.2) is 0 Å². The summed E-state index contributed by atoms with van der Waals surface area (Å²) in [6.45, 7) is 3.00. The summed E-state index contributed by atoms with van der Waals surface area (Å²) in [7, 11) is 0. The third-order valence-corrected chi connectivity index (χ3v) is 2.62. The van der Waals surface area contributed by atoms with Crippen LogP contribution in [0.5, 0.6) is 5.75 Å². The van der Waals surface area contributed by atoms with Crippen LogP contribution in [0.25, 0.3) is 0 Å². The SMILES string of the molecule is Cc1ccc(O)c(CNC2CNC(=O)C2)n1. The number of hydrogen-bond acceptors (Lipinski definition) is 4. The van der Waals surface area contributed by atoms with Gasteiger partial charge >= 0.3 is 0 Å². The molecule has 0 bridgehead atoms. The highest BCUT2D eigenvalue weighted by molar-refractivity contribution is 5.78. The number of aromatic hydroxyl groups is 1. The van der Waals surface area contributed by atoms with Crippen LogP contribution >= 0.6 is 0 Å². The molecular formula is C11H15N3O2. The molecule has 1 amide bonds. The lowest BCUT2D eigenvalue weighted by atomic mass is 10.2. The Labute approximate surface area is 93.9 Å². The molecule has 2 rings (SSSR count). The molecular weight excluding hydrogens is 206 g/mol. The number of pyridine rings is 1. The first-order chi connectivity index (χ1) is 7.65. The van der Waals surface area contributed by atoms with Crippen molar-refractivity contribution < 1.29 is 9.90 Å². The Balaban J connectivity index is 1.94. The molecule has 1 aliphatic rings. The van der Waals surface area contributed by atoms with Gasteiger partial charge in [0.15, 0.2) is 0 Å². The van der Waals surface area contributed by atoms with Gasteiger partial charge in [0.1, 0.15) is 5.75 Å². The first-order valence-electron chi connectivity index (χ1n) is 5.31. The summed E-state index contributed by atoms with van der Waals surface area (Å²) in [5.74, 6) is 0.259. The van der Waals surface area contributed by atoms with Crippen LogP contribution in [0, 0.1) is 6.92 Å². The van der Waals surface area contributed by atoms with E-state index in [4.69, 9.17) is 0 Å². The molecule has 1 atom stereocenters. The molecule has 0 aromatic carbocycles. The van der Waals surface area contributed by atoms with E-state index in [2.05, 4.69) is 15.6 Å². The number of nitrogens with zero attached hydrogens (tertiary/aromatic N) is 1. The lowest BCUT2D eigenvalue weighted by Gasteiger charge is -2.10. The highest BCUT2D eigenvalue weighted by Gasteiger charge is 2.20. The minimum absolute atomic E-state index is 0.0684. The van der Waals surface area contributed by atoms with Gasteiger partial charge in [0.2, 0.25) is 5.91 Å². The van der Waals surface area contributed by atoms with Crippen LogP contribution in [0.1, 0.15) is 17.8 Å². The molecule has 2 heterocycles. The van der Waals surface area contributed by atoms with Crippen LogP contribution in [0.4, 0.5) is 0 Å². The summed E-state index contributed by atoms with van der Waals surface area (Å²) in [6.07, 6.45) is 0.493. The van der Waals surface area contributed by atoms with Gasteiger partial charge in [-0.15, -0.1) is 0 Å². The standard InChI is InChI=1S/C11H15N3O2/c1-7-2-3-10(15)9(14-7)6-12-8-4-11(16)13-5-8/h2-3,8,12,15H,4-6H2,1H3,(H,13,16). The summed E-state index contributed by atoms with van der Waals surface area (Å²) in [4.78, 5) is 15.2. The summed E-state index contributed by atoms with van der Waals surface area (Å²) in [6, 6.07) is 3.53. The van der Waals surface area contributed by atoms with Crippen molar-refractivity contribution in [3.8, 4) is 5.75 Å². The fourth-order valence-electron chi connectivity index (χ4n) is 1.72. The molecule has 3 N–H and O–H groups in total. The first kappa shape index (κ1) is 10.9. The molecule has 0 aliphatic carbocycles. The number of nitrogens with one attached hydrogen (secondary N) is 2. The maximum Gasteiger partial charge on any atom is 0.221 e. The van der Waals surface area contributed by atoms with Crippen LogP contribution in [-0.2, 0) is 11.3 Å². The fraction of sp³-hybridized carbons (Fsp3) is 0.455. The Morgan fingerprint density at radius 1 is 1.62 bits per heavy atom. The Morgan fingerprint density at radius 2 is 2.44 bits per heavy atom. The van der Waals surface area contributed by atoms with E-state index in [-0.39, 0.29) is 17.7 Å². The highest BCUT2D eigenvalue weighted by Crippen LogP contribution is 2.14. The number of hydrogen-bond donors (Lipinski definition) is 3. The van der Waals surface area contributed by atoms with Gasteiger partial charge in [-0.2, -0.15) is 0 Å². The summed E-state index contributed by atoms with van der Waals surface area (Å²) < 4.78 is 0. The largest absolute Gasteiger partial charge is 0.506 e. The number of carbonyl (C=O) groups excluding carboxylic acids is 1. The number of amides is 1. The van der Waals surface area contributed by atoms with E-state index < -0.39 is 0 Å². The van der Waals surface area contributed by atoms with Crippen molar-refractivity contribution in [2.24, 2.45) is 0 Å². The van der Waals surface area contributed by atoms with E-state index in [9.17, 15) is 9.90 Å². The van der Waals surface area contributed by atoms with E-state index in [1.807, 2.05) is 6.92 Å². The minimum atomic E-state index is 0.0684. The predicted molar refractivity (Wildman–Crippen MR) is 58.9 cm³/mol. The first-order valence-corrected chi connectivity index (χ1v) is 5.31. The van der Waals surface area contributed by atoms with Crippen LogP contribution in [-0.4, -0.2) is 28.6 Å². The second kappa shape index (κ2) is 4.49. The number of aromatic nitrogens is 1. The minimum Gasteiger partial charge on any atom is -0.506 e. The molecule has 5 nitrogen and oxygen atoms in total. The van der Waals surface area contributed by atoms with Crippen molar-refractivity contribution in [3.63, 3.8) is 0 Å². The van der Waals surface area contributed by atoms with E-state index in [1.165, 1.54) is 0 Å². The third kappa shape index (κ3) is 2.49. The van der Waals surface area contributed by atoms with Gasteiger partial charge in [-0.3, -0.25) is 9.78 Å². The van der Waals surface area contributed by atoms with Crippen molar-refractivity contribution in [1.82, 2.24) is 15.6 Å². The van der Waals surface area contributed by atoms with Crippen molar-refractivity contribution >= 4 is 5.91 Å². The molecule has 16 heavy (non-hydrogen) atoms. The highest BCUT2D eigenvalue weighted by atomic mass is 16.3. The van der Waals surface area contributed by atoms with E-state index in [0.717, 1.165) is 5.69 Å². The Hall–Kier alpha value is -1.62. The fourth-order valence-corrected chi connectivity index (χ4v) is 1.72. The summed E-state index contributed by atoms with van der Waals surface area (Å²) in [5.41, 5.74) is 1.49. The van der Waals surface area contributed by atoms with E-state index in [0.29, 0.717) is 25.2 Å². The molecule has 0 spiro atoms. The average molecular weight is 221 g/mol. The second-order valence-corrected chi connectivity index (χ2v) is 4.00.